The third-order valence-electron chi connectivity index (χ3n) is 3.82. The number of rotatable bonds is 5. The van der Waals surface area contributed by atoms with Crippen LogP contribution in [-0.4, -0.2) is 22.7 Å². The quantitative estimate of drug-likeness (QED) is 0.393. The third-order valence-corrected chi connectivity index (χ3v) is 6.26. The van der Waals surface area contributed by atoms with Gasteiger partial charge in [0.15, 0.2) is 0 Å². The van der Waals surface area contributed by atoms with Gasteiger partial charge in [-0.1, -0.05) is 17.7 Å². The molecule has 0 radical (unpaired) electrons. The van der Waals surface area contributed by atoms with Gasteiger partial charge in [-0.2, -0.15) is 0 Å². The molecular formula is C19H13Br2ClFNO3S. The molecule has 0 bridgehead atoms. The number of hydrogen-bond acceptors (Lipinski definition) is 4. The van der Waals surface area contributed by atoms with Gasteiger partial charge in [-0.15, -0.1) is 0 Å². The lowest BCUT2D eigenvalue weighted by molar-refractivity contribution is -0.123. The molecule has 1 heterocycles. The number of imide groups is 1. The third kappa shape index (κ3) is 4.62. The molecular weight excluding hydrogens is 537 g/mol. The van der Waals surface area contributed by atoms with E-state index >= 15 is 0 Å². The molecule has 28 heavy (non-hydrogen) atoms. The van der Waals surface area contributed by atoms with Crippen LogP contribution in [0.1, 0.15) is 18.1 Å². The van der Waals surface area contributed by atoms with Crippen molar-refractivity contribution in [2.75, 3.05) is 6.61 Å². The molecule has 1 aliphatic rings. The summed E-state index contributed by atoms with van der Waals surface area (Å²) in [6, 6.07) is 7.47. The number of carbonyl (C=O) groups excluding carboxylic acids is 2. The standard InChI is InChI=1S/C19H13Br2ClFNO3S/c1-2-27-17-13(20)5-10(6-14(17)21)7-16-18(25)24(19(26)28-16)9-11-3-4-12(23)8-15(11)22/h3-8H,2,9H2,1H3/b16-7-. The summed E-state index contributed by atoms with van der Waals surface area (Å²) in [5.41, 5.74) is 1.23. The highest BCUT2D eigenvalue weighted by Gasteiger charge is 2.35. The second-order valence-corrected chi connectivity index (χ2v) is 8.86. The summed E-state index contributed by atoms with van der Waals surface area (Å²) in [7, 11) is 0. The first-order chi connectivity index (χ1) is 13.3. The monoisotopic (exact) mass is 547 g/mol. The fourth-order valence-corrected chi connectivity index (χ4v) is 5.07. The highest BCUT2D eigenvalue weighted by Crippen LogP contribution is 2.38. The van der Waals surface area contributed by atoms with Crippen LogP contribution in [-0.2, 0) is 11.3 Å². The number of thioether (sulfide) groups is 1. The Morgan fingerprint density at radius 2 is 1.89 bits per heavy atom. The van der Waals surface area contributed by atoms with E-state index in [1.54, 1.807) is 18.2 Å². The Hall–Kier alpha value is -1.35. The predicted molar refractivity (Wildman–Crippen MR) is 116 cm³/mol. The largest absolute Gasteiger partial charge is 0.492 e. The van der Waals surface area contributed by atoms with Crippen molar-refractivity contribution in [3.63, 3.8) is 0 Å². The number of halogens is 4. The lowest BCUT2D eigenvalue weighted by Crippen LogP contribution is -2.27. The molecule has 0 spiro atoms. The van der Waals surface area contributed by atoms with E-state index in [0.717, 1.165) is 37.2 Å². The van der Waals surface area contributed by atoms with Gasteiger partial charge in [0.05, 0.1) is 27.0 Å². The van der Waals surface area contributed by atoms with Crippen molar-refractivity contribution in [2.24, 2.45) is 0 Å². The van der Waals surface area contributed by atoms with Crippen molar-refractivity contribution in [1.29, 1.82) is 0 Å². The van der Waals surface area contributed by atoms with Crippen LogP contribution in [0.5, 0.6) is 5.75 Å². The summed E-state index contributed by atoms with van der Waals surface area (Å²) in [5, 5.41) is -0.233. The molecule has 3 rings (SSSR count). The van der Waals surface area contributed by atoms with Crippen LogP contribution in [0, 0.1) is 5.82 Å². The predicted octanol–water partition coefficient (Wildman–Crippen LogP) is 6.64. The number of carbonyl (C=O) groups is 2. The zero-order chi connectivity index (χ0) is 20.4. The van der Waals surface area contributed by atoms with Gasteiger partial charge in [0.25, 0.3) is 11.1 Å². The van der Waals surface area contributed by atoms with Crippen LogP contribution in [0.4, 0.5) is 9.18 Å². The Balaban J connectivity index is 1.85. The average molecular weight is 550 g/mol. The maximum atomic E-state index is 13.2. The van der Waals surface area contributed by atoms with Gasteiger partial charge in [-0.3, -0.25) is 14.5 Å². The number of ether oxygens (including phenoxy) is 1. The normalized spacial score (nSPS) is 15.6. The average Bonchev–Trinajstić information content (AvgIpc) is 2.87. The van der Waals surface area contributed by atoms with Gasteiger partial charge < -0.3 is 4.74 Å². The van der Waals surface area contributed by atoms with E-state index in [1.807, 2.05) is 6.92 Å². The van der Waals surface area contributed by atoms with E-state index in [4.69, 9.17) is 16.3 Å². The van der Waals surface area contributed by atoms with Crippen molar-refractivity contribution < 1.29 is 18.7 Å². The summed E-state index contributed by atoms with van der Waals surface area (Å²) < 4.78 is 20.2. The molecule has 0 aliphatic carbocycles. The second kappa shape index (κ2) is 8.98. The van der Waals surface area contributed by atoms with Crippen LogP contribution in [0.3, 0.4) is 0 Å². The molecule has 0 N–H and O–H groups in total. The molecule has 1 saturated heterocycles. The maximum Gasteiger partial charge on any atom is 0.293 e. The van der Waals surface area contributed by atoms with Gasteiger partial charge >= 0.3 is 0 Å². The van der Waals surface area contributed by atoms with E-state index in [1.165, 1.54) is 12.1 Å². The van der Waals surface area contributed by atoms with Gasteiger partial charge in [0.2, 0.25) is 0 Å². The Labute approximate surface area is 187 Å². The summed E-state index contributed by atoms with van der Waals surface area (Å²) in [6.45, 7) is 2.38. The Morgan fingerprint density at radius 3 is 2.50 bits per heavy atom. The fourth-order valence-electron chi connectivity index (χ4n) is 2.55. The van der Waals surface area contributed by atoms with Crippen LogP contribution >= 0.6 is 55.2 Å². The van der Waals surface area contributed by atoms with E-state index in [0.29, 0.717) is 22.8 Å². The van der Waals surface area contributed by atoms with Crippen molar-refractivity contribution in [2.45, 2.75) is 13.5 Å². The molecule has 9 heteroatoms. The topological polar surface area (TPSA) is 46.6 Å². The molecule has 2 aromatic rings. The first kappa shape index (κ1) is 21.4. The number of hydrogen-bond donors (Lipinski definition) is 0. The lowest BCUT2D eigenvalue weighted by atomic mass is 10.2. The molecule has 0 unspecified atom stereocenters. The van der Waals surface area contributed by atoms with Gasteiger partial charge in [-0.05, 0) is 92.0 Å². The van der Waals surface area contributed by atoms with E-state index < -0.39 is 17.0 Å². The first-order valence-corrected chi connectivity index (χ1v) is 10.9. The second-order valence-electron chi connectivity index (χ2n) is 5.75. The highest BCUT2D eigenvalue weighted by atomic mass is 79.9. The SMILES string of the molecule is CCOc1c(Br)cc(/C=C2\SC(=O)N(Cc3ccc(F)cc3Cl)C2=O)cc1Br. The summed E-state index contributed by atoms with van der Waals surface area (Å²) >= 11 is 13.8. The van der Waals surface area contributed by atoms with E-state index in [9.17, 15) is 14.0 Å². The van der Waals surface area contributed by atoms with E-state index in [-0.39, 0.29) is 11.6 Å². The first-order valence-electron chi connectivity index (χ1n) is 8.11. The smallest absolute Gasteiger partial charge is 0.293 e. The summed E-state index contributed by atoms with van der Waals surface area (Å²) in [4.78, 5) is 26.4. The van der Waals surface area contributed by atoms with Gasteiger partial charge in [-0.25, -0.2) is 4.39 Å². The Morgan fingerprint density at radius 1 is 1.21 bits per heavy atom. The van der Waals surface area contributed by atoms with Crippen molar-refractivity contribution in [3.8, 4) is 5.75 Å². The summed E-state index contributed by atoms with van der Waals surface area (Å²) in [6.07, 6.45) is 1.64. The van der Waals surface area contributed by atoms with Crippen LogP contribution in [0.15, 0.2) is 44.2 Å². The molecule has 2 aromatic carbocycles. The molecule has 4 nitrogen and oxygen atoms in total. The maximum absolute atomic E-state index is 13.2. The molecule has 0 aromatic heterocycles. The molecule has 2 amide bonds. The van der Waals surface area contributed by atoms with Crippen LogP contribution in [0.2, 0.25) is 5.02 Å². The number of amides is 2. The Kier molecular flexibility index (Phi) is 6.85. The van der Waals surface area contributed by atoms with Gasteiger partial charge in [0.1, 0.15) is 11.6 Å². The van der Waals surface area contributed by atoms with Crippen molar-refractivity contribution >= 4 is 72.4 Å². The molecule has 1 aliphatic heterocycles. The van der Waals surface area contributed by atoms with Crippen LogP contribution in [0.25, 0.3) is 6.08 Å². The Bertz CT molecular complexity index is 976. The zero-order valence-corrected chi connectivity index (χ0v) is 19.2. The van der Waals surface area contributed by atoms with Gasteiger partial charge in [0, 0.05) is 5.02 Å². The van der Waals surface area contributed by atoms with Crippen molar-refractivity contribution in [1.82, 2.24) is 4.90 Å². The zero-order valence-electron chi connectivity index (χ0n) is 14.5. The van der Waals surface area contributed by atoms with E-state index in [2.05, 4.69) is 31.9 Å². The van der Waals surface area contributed by atoms with Crippen LogP contribution < -0.4 is 4.74 Å². The highest BCUT2D eigenvalue weighted by molar-refractivity contribution is 9.11. The minimum Gasteiger partial charge on any atom is -0.492 e. The minimum atomic E-state index is -0.477. The molecule has 146 valence electrons. The van der Waals surface area contributed by atoms with Crippen molar-refractivity contribution in [3.05, 3.63) is 66.1 Å². The molecule has 1 fully saturated rings. The molecule has 0 atom stereocenters. The lowest BCUT2D eigenvalue weighted by Gasteiger charge is -2.13. The summed E-state index contributed by atoms with van der Waals surface area (Å²) in [5.74, 6) is -0.232. The number of benzene rings is 2. The fraction of sp³-hybridized carbons (Fsp3) is 0.158. The minimum absolute atomic E-state index is 0.0161. The molecule has 0 saturated carbocycles. The number of nitrogens with zero attached hydrogens (tertiary/aromatic N) is 1.